The van der Waals surface area contributed by atoms with Crippen LogP contribution in [0.25, 0.3) is 0 Å². The first-order valence-electron chi connectivity index (χ1n) is 5.57. The van der Waals surface area contributed by atoms with E-state index < -0.39 is 0 Å². The summed E-state index contributed by atoms with van der Waals surface area (Å²) in [5, 5.41) is 2.80. The first-order chi connectivity index (χ1) is 9.19. The van der Waals surface area contributed by atoms with Gasteiger partial charge in [-0.3, -0.25) is 4.79 Å². The summed E-state index contributed by atoms with van der Waals surface area (Å²) in [4.78, 5) is 19.6. The van der Waals surface area contributed by atoms with Crippen molar-refractivity contribution in [1.29, 1.82) is 0 Å². The molecule has 1 amide bonds. The van der Waals surface area contributed by atoms with Crippen molar-refractivity contribution >= 4 is 21.8 Å². The molecule has 0 atom stereocenters. The van der Waals surface area contributed by atoms with Gasteiger partial charge in [0.15, 0.2) is 0 Å². The molecule has 0 aliphatic carbocycles. The van der Waals surface area contributed by atoms with Crippen LogP contribution in [-0.4, -0.2) is 23.0 Å². The van der Waals surface area contributed by atoms with E-state index >= 15 is 0 Å². The van der Waals surface area contributed by atoms with Gasteiger partial charge in [-0.1, -0.05) is 28.1 Å². The summed E-state index contributed by atoms with van der Waals surface area (Å²) < 4.78 is 5.84. The number of carbonyl (C=O) groups is 1. The Labute approximate surface area is 119 Å². The summed E-state index contributed by atoms with van der Waals surface area (Å²) in [6.07, 6.45) is 2.87. The Kier molecular flexibility index (Phi) is 4.46. The fourth-order valence-corrected chi connectivity index (χ4v) is 1.69. The van der Waals surface area contributed by atoms with Crippen LogP contribution in [0.2, 0.25) is 0 Å². The molecule has 5 nitrogen and oxygen atoms in total. The standard InChI is InChI=1S/C13H12BrN3O2/c1-19-13-16-7-10(8-17-13)12(18)15-6-9-2-4-11(14)5-3-9/h2-5,7-8H,6H2,1H3,(H,15,18). The molecule has 1 aromatic heterocycles. The van der Waals surface area contributed by atoms with Crippen molar-refractivity contribution in [3.63, 3.8) is 0 Å². The highest BCUT2D eigenvalue weighted by molar-refractivity contribution is 9.10. The SMILES string of the molecule is COc1ncc(C(=O)NCc2ccc(Br)cc2)cn1. The topological polar surface area (TPSA) is 64.1 Å². The van der Waals surface area contributed by atoms with E-state index in [0.717, 1.165) is 10.0 Å². The van der Waals surface area contributed by atoms with Gasteiger partial charge in [-0.05, 0) is 17.7 Å². The fourth-order valence-electron chi connectivity index (χ4n) is 1.43. The minimum atomic E-state index is -0.217. The van der Waals surface area contributed by atoms with Crippen LogP contribution in [0, 0.1) is 0 Å². The maximum atomic E-state index is 11.8. The molecule has 0 saturated heterocycles. The molecule has 19 heavy (non-hydrogen) atoms. The first-order valence-corrected chi connectivity index (χ1v) is 6.37. The van der Waals surface area contributed by atoms with E-state index in [1.807, 2.05) is 24.3 Å². The highest BCUT2D eigenvalue weighted by Gasteiger charge is 2.06. The molecule has 1 aromatic carbocycles. The largest absolute Gasteiger partial charge is 0.467 e. The number of hydrogen-bond acceptors (Lipinski definition) is 4. The van der Waals surface area contributed by atoms with Crippen LogP contribution in [0.4, 0.5) is 0 Å². The average molecular weight is 322 g/mol. The van der Waals surface area contributed by atoms with Gasteiger partial charge in [0.1, 0.15) is 0 Å². The summed E-state index contributed by atoms with van der Waals surface area (Å²) in [6.45, 7) is 0.456. The van der Waals surface area contributed by atoms with Crippen molar-refractivity contribution in [2.24, 2.45) is 0 Å². The number of halogens is 1. The molecule has 2 rings (SSSR count). The Bertz CT molecular complexity index is 555. The zero-order valence-corrected chi connectivity index (χ0v) is 11.8. The quantitative estimate of drug-likeness (QED) is 0.937. The number of nitrogens with zero attached hydrogens (tertiary/aromatic N) is 2. The van der Waals surface area contributed by atoms with Gasteiger partial charge in [0.25, 0.3) is 5.91 Å². The number of nitrogens with one attached hydrogen (secondary N) is 1. The van der Waals surface area contributed by atoms with E-state index in [0.29, 0.717) is 12.1 Å². The van der Waals surface area contributed by atoms with E-state index in [2.05, 4.69) is 31.2 Å². The monoisotopic (exact) mass is 321 g/mol. The summed E-state index contributed by atoms with van der Waals surface area (Å²) in [7, 11) is 1.47. The average Bonchev–Trinajstić information content (AvgIpc) is 2.46. The molecule has 0 aliphatic rings. The Morgan fingerprint density at radius 1 is 1.26 bits per heavy atom. The van der Waals surface area contributed by atoms with Crippen molar-refractivity contribution in [2.75, 3.05) is 7.11 Å². The van der Waals surface area contributed by atoms with Crippen molar-refractivity contribution in [2.45, 2.75) is 6.54 Å². The first kappa shape index (κ1) is 13.5. The third-order valence-corrected chi connectivity index (χ3v) is 2.97. The van der Waals surface area contributed by atoms with Gasteiger partial charge in [0.2, 0.25) is 0 Å². The van der Waals surface area contributed by atoms with E-state index in [4.69, 9.17) is 4.74 Å². The highest BCUT2D eigenvalue weighted by Crippen LogP contribution is 2.10. The van der Waals surface area contributed by atoms with E-state index in [-0.39, 0.29) is 11.9 Å². The number of aromatic nitrogens is 2. The lowest BCUT2D eigenvalue weighted by atomic mass is 10.2. The predicted molar refractivity (Wildman–Crippen MR) is 73.9 cm³/mol. The molecule has 2 aromatic rings. The van der Waals surface area contributed by atoms with Gasteiger partial charge in [0, 0.05) is 23.4 Å². The molecule has 0 aliphatic heterocycles. The molecule has 0 radical (unpaired) electrons. The number of amides is 1. The molecule has 6 heteroatoms. The second-order valence-corrected chi connectivity index (χ2v) is 4.68. The molecule has 1 N–H and O–H groups in total. The number of benzene rings is 1. The van der Waals surface area contributed by atoms with Crippen LogP contribution in [0.1, 0.15) is 15.9 Å². The van der Waals surface area contributed by atoms with Crippen LogP contribution in [0.15, 0.2) is 41.1 Å². The Morgan fingerprint density at radius 3 is 2.47 bits per heavy atom. The molecule has 0 saturated carbocycles. The summed E-state index contributed by atoms with van der Waals surface area (Å²) >= 11 is 3.36. The van der Waals surface area contributed by atoms with Crippen LogP contribution in [0.3, 0.4) is 0 Å². The van der Waals surface area contributed by atoms with Crippen molar-refractivity contribution in [1.82, 2.24) is 15.3 Å². The highest BCUT2D eigenvalue weighted by atomic mass is 79.9. The molecule has 0 bridgehead atoms. The van der Waals surface area contributed by atoms with Gasteiger partial charge < -0.3 is 10.1 Å². The van der Waals surface area contributed by atoms with Gasteiger partial charge in [-0.25, -0.2) is 9.97 Å². The van der Waals surface area contributed by atoms with Crippen LogP contribution in [0.5, 0.6) is 6.01 Å². The van der Waals surface area contributed by atoms with E-state index in [1.165, 1.54) is 19.5 Å². The molecule has 1 heterocycles. The number of hydrogen-bond donors (Lipinski definition) is 1. The molecule has 0 unspecified atom stereocenters. The second kappa shape index (κ2) is 6.29. The zero-order valence-electron chi connectivity index (χ0n) is 10.3. The van der Waals surface area contributed by atoms with E-state index in [1.54, 1.807) is 0 Å². The minimum absolute atomic E-state index is 0.217. The van der Waals surface area contributed by atoms with E-state index in [9.17, 15) is 4.79 Å². The van der Waals surface area contributed by atoms with Crippen molar-refractivity contribution < 1.29 is 9.53 Å². The Morgan fingerprint density at radius 2 is 1.89 bits per heavy atom. The van der Waals surface area contributed by atoms with Crippen molar-refractivity contribution in [3.8, 4) is 6.01 Å². The minimum Gasteiger partial charge on any atom is -0.467 e. The molecular weight excluding hydrogens is 310 g/mol. The molecule has 98 valence electrons. The number of rotatable bonds is 4. The van der Waals surface area contributed by atoms with Gasteiger partial charge in [-0.15, -0.1) is 0 Å². The lowest BCUT2D eigenvalue weighted by molar-refractivity contribution is 0.0950. The molecule has 0 fully saturated rings. The Hall–Kier alpha value is -1.95. The van der Waals surface area contributed by atoms with Gasteiger partial charge in [0.05, 0.1) is 12.7 Å². The smallest absolute Gasteiger partial charge is 0.316 e. The van der Waals surface area contributed by atoms with Gasteiger partial charge >= 0.3 is 6.01 Å². The predicted octanol–water partition coefficient (Wildman–Crippen LogP) is 2.18. The third kappa shape index (κ3) is 3.75. The summed E-state index contributed by atoms with van der Waals surface area (Å²) in [5.41, 5.74) is 1.42. The summed E-state index contributed by atoms with van der Waals surface area (Å²) in [6, 6.07) is 7.98. The normalized spacial score (nSPS) is 10.0. The number of ether oxygens (including phenoxy) is 1. The lowest BCUT2D eigenvalue weighted by Gasteiger charge is -2.05. The van der Waals surface area contributed by atoms with Crippen LogP contribution < -0.4 is 10.1 Å². The molecular formula is C13H12BrN3O2. The fraction of sp³-hybridized carbons (Fsp3) is 0.154. The van der Waals surface area contributed by atoms with Crippen LogP contribution in [-0.2, 0) is 6.54 Å². The Balaban J connectivity index is 1.95. The second-order valence-electron chi connectivity index (χ2n) is 3.77. The molecule has 0 spiro atoms. The van der Waals surface area contributed by atoms with Crippen molar-refractivity contribution in [3.05, 3.63) is 52.3 Å². The van der Waals surface area contributed by atoms with Crippen LogP contribution >= 0.6 is 15.9 Å². The summed E-state index contributed by atoms with van der Waals surface area (Å²) in [5.74, 6) is -0.217. The third-order valence-electron chi connectivity index (χ3n) is 2.44. The van der Waals surface area contributed by atoms with Gasteiger partial charge in [-0.2, -0.15) is 0 Å². The lowest BCUT2D eigenvalue weighted by Crippen LogP contribution is -2.23. The number of carbonyl (C=O) groups excluding carboxylic acids is 1. The zero-order chi connectivity index (χ0) is 13.7. The number of methoxy groups -OCH3 is 1. The maximum absolute atomic E-state index is 11.8. The maximum Gasteiger partial charge on any atom is 0.316 e.